The van der Waals surface area contributed by atoms with Gasteiger partial charge in [0.15, 0.2) is 0 Å². The van der Waals surface area contributed by atoms with Crippen LogP contribution in [0.25, 0.3) is 0 Å². The van der Waals surface area contributed by atoms with E-state index in [-0.39, 0.29) is 6.04 Å². The van der Waals surface area contributed by atoms with Crippen LogP contribution in [0.2, 0.25) is 0 Å². The van der Waals surface area contributed by atoms with E-state index in [1.807, 2.05) is 0 Å². The summed E-state index contributed by atoms with van der Waals surface area (Å²) in [5.41, 5.74) is 0. The predicted octanol–water partition coefficient (Wildman–Crippen LogP) is 1.95. The Balaban J connectivity index is 3.67. The molecule has 5 heteroatoms. The van der Waals surface area contributed by atoms with Gasteiger partial charge in [-0.15, -0.1) is 0 Å². The maximum Gasteiger partial charge on any atom is 0.390 e. The van der Waals surface area contributed by atoms with E-state index in [2.05, 4.69) is 5.32 Å². The van der Waals surface area contributed by atoms with Gasteiger partial charge in [-0.25, -0.2) is 0 Å². The molecule has 1 N–H and O–H groups in total. The molecule has 0 aliphatic heterocycles. The first-order chi connectivity index (χ1) is 5.85. The van der Waals surface area contributed by atoms with Crippen molar-refractivity contribution in [1.29, 1.82) is 0 Å². The Labute approximate surface area is 76.5 Å². The van der Waals surface area contributed by atoms with Gasteiger partial charge in [0.2, 0.25) is 0 Å². The zero-order valence-corrected chi connectivity index (χ0v) is 8.11. The van der Waals surface area contributed by atoms with Crippen LogP contribution in [0.15, 0.2) is 0 Å². The summed E-state index contributed by atoms with van der Waals surface area (Å²) in [7, 11) is 1.52. The van der Waals surface area contributed by atoms with Gasteiger partial charge in [0.1, 0.15) is 0 Å². The third kappa shape index (κ3) is 8.05. The smallest absolute Gasteiger partial charge is 0.383 e. The molecule has 0 aliphatic carbocycles. The van der Waals surface area contributed by atoms with Gasteiger partial charge in [-0.2, -0.15) is 13.2 Å². The molecule has 80 valence electrons. The van der Waals surface area contributed by atoms with E-state index >= 15 is 0 Å². The highest BCUT2D eigenvalue weighted by Gasteiger charge is 2.30. The zero-order chi connectivity index (χ0) is 10.5. The molecule has 2 nitrogen and oxygen atoms in total. The van der Waals surface area contributed by atoms with E-state index in [1.165, 1.54) is 14.0 Å². The predicted molar refractivity (Wildman–Crippen MR) is 44.6 cm³/mol. The number of rotatable bonds is 5. The fraction of sp³-hybridized carbons (Fsp3) is 1.00. The van der Waals surface area contributed by atoms with Gasteiger partial charge >= 0.3 is 6.18 Å². The summed E-state index contributed by atoms with van der Waals surface area (Å²) < 4.78 is 40.4. The average Bonchev–Trinajstić information content (AvgIpc) is 1.81. The number of methoxy groups -OCH3 is 1. The second-order valence-corrected chi connectivity index (χ2v) is 3.24. The average molecular weight is 199 g/mol. The molecule has 2 unspecified atom stereocenters. The minimum Gasteiger partial charge on any atom is -0.383 e. The highest BCUT2D eigenvalue weighted by molar-refractivity contribution is 4.69. The number of hydrogen-bond acceptors (Lipinski definition) is 2. The summed E-state index contributed by atoms with van der Waals surface area (Å²) in [6.45, 7) is 3.72. The van der Waals surface area contributed by atoms with E-state index in [4.69, 9.17) is 4.74 Å². The molecule has 0 radical (unpaired) electrons. The molecular formula is C8H16F3NO. The standard InChI is InChI=1S/C8H16F3NO/c1-6(4-8(9,10)11)12-7(2)5-13-3/h6-7,12H,4-5H2,1-3H3. The molecule has 0 fully saturated rings. The van der Waals surface area contributed by atoms with Crippen molar-refractivity contribution in [3.8, 4) is 0 Å². The second kappa shape index (κ2) is 5.44. The first kappa shape index (κ1) is 12.7. The van der Waals surface area contributed by atoms with Crippen LogP contribution in [0, 0.1) is 0 Å². The van der Waals surface area contributed by atoms with Crippen LogP contribution in [-0.2, 0) is 4.74 Å². The minimum absolute atomic E-state index is 0.0534. The van der Waals surface area contributed by atoms with E-state index < -0.39 is 18.6 Å². The van der Waals surface area contributed by atoms with Crippen molar-refractivity contribution in [1.82, 2.24) is 5.32 Å². The van der Waals surface area contributed by atoms with Crippen LogP contribution < -0.4 is 5.32 Å². The Hall–Kier alpha value is -0.290. The Kier molecular flexibility index (Phi) is 5.32. The number of ether oxygens (including phenoxy) is 1. The highest BCUT2D eigenvalue weighted by Crippen LogP contribution is 2.21. The first-order valence-electron chi connectivity index (χ1n) is 4.17. The fourth-order valence-corrected chi connectivity index (χ4v) is 1.19. The largest absolute Gasteiger partial charge is 0.390 e. The Bertz CT molecular complexity index is 138. The number of halogens is 3. The van der Waals surface area contributed by atoms with Crippen molar-refractivity contribution >= 4 is 0 Å². The normalized spacial score (nSPS) is 17.1. The van der Waals surface area contributed by atoms with Crippen LogP contribution in [0.4, 0.5) is 13.2 Å². The van der Waals surface area contributed by atoms with Crippen LogP contribution >= 0.6 is 0 Å². The number of alkyl halides is 3. The van der Waals surface area contributed by atoms with Crippen molar-refractivity contribution in [2.45, 2.75) is 38.5 Å². The Morgan fingerprint density at radius 3 is 2.15 bits per heavy atom. The third-order valence-corrected chi connectivity index (χ3v) is 1.52. The molecule has 0 saturated heterocycles. The molecule has 0 aromatic rings. The molecule has 0 amide bonds. The molecule has 0 heterocycles. The molecule has 0 rings (SSSR count). The highest BCUT2D eigenvalue weighted by atomic mass is 19.4. The molecule has 0 aromatic heterocycles. The van der Waals surface area contributed by atoms with E-state index in [0.29, 0.717) is 6.61 Å². The lowest BCUT2D eigenvalue weighted by molar-refractivity contribution is -0.139. The molecule has 0 aliphatic rings. The summed E-state index contributed by atoms with van der Waals surface area (Å²) in [5.74, 6) is 0. The van der Waals surface area contributed by atoms with Crippen molar-refractivity contribution in [3.05, 3.63) is 0 Å². The van der Waals surface area contributed by atoms with E-state index in [9.17, 15) is 13.2 Å². The molecule has 0 bridgehead atoms. The summed E-state index contributed by atoms with van der Waals surface area (Å²) in [4.78, 5) is 0. The molecule has 0 spiro atoms. The Morgan fingerprint density at radius 2 is 1.77 bits per heavy atom. The van der Waals surface area contributed by atoms with Crippen LogP contribution in [0.1, 0.15) is 20.3 Å². The van der Waals surface area contributed by atoms with Crippen molar-refractivity contribution in [2.24, 2.45) is 0 Å². The second-order valence-electron chi connectivity index (χ2n) is 3.24. The molecule has 0 aromatic carbocycles. The maximum absolute atomic E-state index is 11.9. The lowest BCUT2D eigenvalue weighted by Gasteiger charge is -2.20. The van der Waals surface area contributed by atoms with Gasteiger partial charge in [0, 0.05) is 19.2 Å². The molecule has 0 saturated carbocycles. The number of nitrogens with one attached hydrogen (secondary N) is 1. The number of hydrogen-bond donors (Lipinski definition) is 1. The summed E-state index contributed by atoms with van der Waals surface area (Å²) in [5, 5.41) is 2.79. The fourth-order valence-electron chi connectivity index (χ4n) is 1.19. The van der Waals surface area contributed by atoms with Gasteiger partial charge in [0.25, 0.3) is 0 Å². The van der Waals surface area contributed by atoms with Crippen LogP contribution in [-0.4, -0.2) is 32.0 Å². The van der Waals surface area contributed by atoms with Gasteiger partial charge in [-0.1, -0.05) is 0 Å². The lowest BCUT2D eigenvalue weighted by atomic mass is 10.2. The van der Waals surface area contributed by atoms with Crippen molar-refractivity contribution in [2.75, 3.05) is 13.7 Å². The topological polar surface area (TPSA) is 21.3 Å². The molecule has 13 heavy (non-hydrogen) atoms. The van der Waals surface area contributed by atoms with E-state index in [1.54, 1.807) is 6.92 Å². The van der Waals surface area contributed by atoms with Gasteiger partial charge in [-0.05, 0) is 13.8 Å². The maximum atomic E-state index is 11.9. The summed E-state index contributed by atoms with van der Waals surface area (Å²) >= 11 is 0. The minimum atomic E-state index is -4.10. The SMILES string of the molecule is COCC(C)NC(C)CC(F)(F)F. The zero-order valence-electron chi connectivity index (χ0n) is 8.11. The third-order valence-electron chi connectivity index (χ3n) is 1.52. The molecular weight excluding hydrogens is 183 g/mol. The lowest BCUT2D eigenvalue weighted by Crippen LogP contribution is -2.39. The first-order valence-corrected chi connectivity index (χ1v) is 4.17. The van der Waals surface area contributed by atoms with Crippen LogP contribution in [0.3, 0.4) is 0 Å². The van der Waals surface area contributed by atoms with E-state index in [0.717, 1.165) is 0 Å². The molecule has 2 atom stereocenters. The van der Waals surface area contributed by atoms with Gasteiger partial charge in [0.05, 0.1) is 13.0 Å². The summed E-state index contributed by atoms with van der Waals surface area (Å²) in [6.07, 6.45) is -4.90. The van der Waals surface area contributed by atoms with Crippen molar-refractivity contribution < 1.29 is 17.9 Å². The van der Waals surface area contributed by atoms with Crippen molar-refractivity contribution in [3.63, 3.8) is 0 Å². The Morgan fingerprint density at radius 1 is 1.23 bits per heavy atom. The van der Waals surface area contributed by atoms with Gasteiger partial charge < -0.3 is 10.1 Å². The van der Waals surface area contributed by atoms with Gasteiger partial charge in [-0.3, -0.25) is 0 Å². The van der Waals surface area contributed by atoms with Crippen LogP contribution in [0.5, 0.6) is 0 Å². The summed E-state index contributed by atoms with van der Waals surface area (Å²) in [6, 6.07) is -0.618. The monoisotopic (exact) mass is 199 g/mol. The quantitative estimate of drug-likeness (QED) is 0.730.